The maximum Gasteiger partial charge on any atom is 0.0221 e. The topological polar surface area (TPSA) is 38.0 Å². The van der Waals surface area contributed by atoms with Gasteiger partial charge >= 0.3 is 0 Å². The van der Waals surface area contributed by atoms with Crippen molar-refractivity contribution in [3.63, 3.8) is 0 Å². The van der Waals surface area contributed by atoms with E-state index in [1.807, 2.05) is 0 Å². The Morgan fingerprint density at radius 1 is 1.30 bits per heavy atom. The first kappa shape index (κ1) is 6.62. The average Bonchev–Trinajstić information content (AvgIpc) is 2.69. The fourth-order valence-corrected chi connectivity index (χ4v) is 2.13. The zero-order valence-electron chi connectivity index (χ0n) is 6.34. The molecule has 1 aliphatic carbocycles. The molecule has 1 saturated heterocycles. The fraction of sp³-hybridized carbons (Fsp3) is 1.00. The minimum Gasteiger partial charge on any atom is -0.329 e. The summed E-state index contributed by atoms with van der Waals surface area (Å²) >= 11 is 0. The van der Waals surface area contributed by atoms with Gasteiger partial charge in [0.2, 0.25) is 0 Å². The predicted molar refractivity (Wildman–Crippen MR) is 41.7 cm³/mol. The van der Waals surface area contributed by atoms with Gasteiger partial charge in [-0.05, 0) is 37.6 Å². The van der Waals surface area contributed by atoms with Gasteiger partial charge in [-0.15, -0.1) is 0 Å². The van der Waals surface area contributed by atoms with Crippen LogP contribution in [0.4, 0.5) is 0 Å². The van der Waals surface area contributed by atoms with Crippen LogP contribution in [0.2, 0.25) is 0 Å². The van der Waals surface area contributed by atoms with Gasteiger partial charge in [-0.1, -0.05) is 0 Å². The Morgan fingerprint density at radius 2 is 2.10 bits per heavy atom. The van der Waals surface area contributed by atoms with Gasteiger partial charge in [0.15, 0.2) is 0 Å². The average molecular weight is 140 g/mol. The molecule has 2 unspecified atom stereocenters. The first-order valence-corrected chi connectivity index (χ1v) is 4.35. The Kier molecular flexibility index (Phi) is 1.66. The molecule has 1 saturated carbocycles. The second-order valence-electron chi connectivity index (χ2n) is 3.59. The number of hydrogen-bond acceptors (Lipinski definition) is 2. The summed E-state index contributed by atoms with van der Waals surface area (Å²) in [5.74, 6) is 1.95. The van der Waals surface area contributed by atoms with Crippen LogP contribution in [0.3, 0.4) is 0 Å². The minimum atomic E-state index is 0.646. The summed E-state index contributed by atoms with van der Waals surface area (Å²) in [7, 11) is 0. The van der Waals surface area contributed by atoms with Crippen molar-refractivity contribution >= 4 is 0 Å². The van der Waals surface area contributed by atoms with E-state index in [4.69, 9.17) is 5.73 Å². The molecule has 0 radical (unpaired) electrons. The lowest BCUT2D eigenvalue weighted by atomic mass is 9.95. The van der Waals surface area contributed by atoms with Gasteiger partial charge in [0.1, 0.15) is 0 Å². The molecule has 2 heteroatoms. The molecule has 2 rings (SSSR count). The normalized spacial score (nSPS) is 40.5. The molecule has 0 amide bonds. The van der Waals surface area contributed by atoms with Crippen LogP contribution in [0.25, 0.3) is 0 Å². The molecule has 0 spiro atoms. The van der Waals surface area contributed by atoms with Crippen LogP contribution in [0.5, 0.6) is 0 Å². The number of rotatable bonds is 2. The zero-order valence-corrected chi connectivity index (χ0v) is 6.34. The van der Waals surface area contributed by atoms with E-state index in [2.05, 4.69) is 5.32 Å². The third-order valence-corrected chi connectivity index (χ3v) is 2.88. The van der Waals surface area contributed by atoms with E-state index in [-0.39, 0.29) is 0 Å². The molecular weight excluding hydrogens is 124 g/mol. The lowest BCUT2D eigenvalue weighted by Gasteiger charge is -2.16. The summed E-state index contributed by atoms with van der Waals surface area (Å²) in [6.45, 7) is 2.03. The number of nitrogens with one attached hydrogen (secondary N) is 1. The van der Waals surface area contributed by atoms with Crippen molar-refractivity contribution in [2.24, 2.45) is 17.6 Å². The van der Waals surface area contributed by atoms with Crippen molar-refractivity contribution in [3.05, 3.63) is 0 Å². The molecule has 1 aliphatic heterocycles. The van der Waals surface area contributed by atoms with Gasteiger partial charge in [0, 0.05) is 12.6 Å². The van der Waals surface area contributed by atoms with Gasteiger partial charge in [-0.3, -0.25) is 0 Å². The zero-order chi connectivity index (χ0) is 6.97. The van der Waals surface area contributed by atoms with Crippen molar-refractivity contribution in [1.29, 1.82) is 0 Å². The van der Waals surface area contributed by atoms with Crippen molar-refractivity contribution in [1.82, 2.24) is 5.32 Å². The van der Waals surface area contributed by atoms with Crippen LogP contribution >= 0.6 is 0 Å². The molecule has 3 N–H and O–H groups in total. The van der Waals surface area contributed by atoms with E-state index in [9.17, 15) is 0 Å². The van der Waals surface area contributed by atoms with Crippen LogP contribution < -0.4 is 11.1 Å². The Morgan fingerprint density at radius 3 is 2.70 bits per heavy atom. The molecule has 0 aromatic carbocycles. The first-order valence-electron chi connectivity index (χ1n) is 4.35. The highest BCUT2D eigenvalue weighted by molar-refractivity contribution is 4.93. The third kappa shape index (κ3) is 1.06. The van der Waals surface area contributed by atoms with E-state index in [0.717, 1.165) is 18.4 Å². The van der Waals surface area contributed by atoms with E-state index in [1.165, 1.54) is 25.8 Å². The molecule has 10 heavy (non-hydrogen) atoms. The molecule has 2 nitrogen and oxygen atoms in total. The van der Waals surface area contributed by atoms with Crippen molar-refractivity contribution in [3.8, 4) is 0 Å². The van der Waals surface area contributed by atoms with Crippen molar-refractivity contribution in [2.45, 2.75) is 25.3 Å². The molecule has 0 aromatic rings. The molecule has 0 aromatic heterocycles. The predicted octanol–water partition coefficient (Wildman–Crippen LogP) is 0.333. The van der Waals surface area contributed by atoms with Crippen molar-refractivity contribution in [2.75, 3.05) is 13.1 Å². The molecule has 2 atom stereocenters. The molecule has 58 valence electrons. The second kappa shape index (κ2) is 2.51. The number of hydrogen-bond donors (Lipinski definition) is 2. The van der Waals surface area contributed by atoms with Crippen LogP contribution in [0.15, 0.2) is 0 Å². The molecule has 2 fully saturated rings. The van der Waals surface area contributed by atoms with E-state index in [0.29, 0.717) is 6.04 Å². The fourth-order valence-electron chi connectivity index (χ4n) is 2.13. The summed E-state index contributed by atoms with van der Waals surface area (Å²) in [5.41, 5.74) is 5.63. The second-order valence-corrected chi connectivity index (χ2v) is 3.59. The molecule has 2 aliphatic rings. The summed E-state index contributed by atoms with van der Waals surface area (Å²) in [6.07, 6.45) is 4.29. The largest absolute Gasteiger partial charge is 0.329 e. The Balaban J connectivity index is 1.91. The van der Waals surface area contributed by atoms with Crippen LogP contribution in [0.1, 0.15) is 19.3 Å². The lowest BCUT2D eigenvalue weighted by Crippen LogP contribution is -2.35. The quantitative estimate of drug-likeness (QED) is 0.580. The van der Waals surface area contributed by atoms with E-state index in [1.54, 1.807) is 0 Å². The highest BCUT2D eigenvalue weighted by atomic mass is 15.0. The summed E-state index contributed by atoms with van der Waals surface area (Å²) in [6, 6.07) is 0.646. The van der Waals surface area contributed by atoms with Gasteiger partial charge < -0.3 is 11.1 Å². The Labute approximate surface area is 62.2 Å². The van der Waals surface area contributed by atoms with Gasteiger partial charge in [-0.2, -0.15) is 0 Å². The highest BCUT2D eigenvalue weighted by Crippen LogP contribution is 2.41. The number of nitrogens with two attached hydrogens (primary N) is 1. The maximum absolute atomic E-state index is 5.63. The van der Waals surface area contributed by atoms with Gasteiger partial charge in [0.05, 0.1) is 0 Å². The molecule has 1 heterocycles. The van der Waals surface area contributed by atoms with E-state index >= 15 is 0 Å². The van der Waals surface area contributed by atoms with Crippen LogP contribution in [-0.2, 0) is 0 Å². The first-order chi connectivity index (χ1) is 4.92. The Hall–Kier alpha value is -0.0800. The lowest BCUT2D eigenvalue weighted by molar-refractivity contribution is 0.406. The Bertz CT molecular complexity index is 120. The summed E-state index contributed by atoms with van der Waals surface area (Å²) in [5, 5.41) is 3.45. The van der Waals surface area contributed by atoms with Crippen LogP contribution in [-0.4, -0.2) is 19.1 Å². The highest BCUT2D eigenvalue weighted by Gasteiger charge is 2.38. The van der Waals surface area contributed by atoms with Crippen molar-refractivity contribution < 1.29 is 0 Å². The molecular formula is C8H16N2. The minimum absolute atomic E-state index is 0.646. The third-order valence-electron chi connectivity index (χ3n) is 2.88. The summed E-state index contributed by atoms with van der Waals surface area (Å²) in [4.78, 5) is 0. The van der Waals surface area contributed by atoms with E-state index < -0.39 is 0 Å². The van der Waals surface area contributed by atoms with Gasteiger partial charge in [0.25, 0.3) is 0 Å². The maximum atomic E-state index is 5.63. The van der Waals surface area contributed by atoms with Gasteiger partial charge in [-0.25, -0.2) is 0 Å². The molecule has 0 bridgehead atoms. The smallest absolute Gasteiger partial charge is 0.0221 e. The monoisotopic (exact) mass is 140 g/mol. The SMILES string of the molecule is NCC1NCCC1C1CC1. The standard InChI is InChI=1S/C8H16N2/c9-5-8-7(3-4-10-8)6-1-2-6/h6-8,10H,1-5,9H2. The summed E-state index contributed by atoms with van der Waals surface area (Å²) < 4.78 is 0. The van der Waals surface area contributed by atoms with Crippen LogP contribution in [0, 0.1) is 11.8 Å².